The summed E-state index contributed by atoms with van der Waals surface area (Å²) in [5, 5.41) is 30.7. The average Bonchev–Trinajstić information content (AvgIpc) is 3.01. The van der Waals surface area contributed by atoms with Crippen LogP contribution in [-0.2, 0) is 9.59 Å². The van der Waals surface area contributed by atoms with Gasteiger partial charge in [0, 0.05) is 24.2 Å². The van der Waals surface area contributed by atoms with Crippen LogP contribution in [0, 0.1) is 46.3 Å². The molecule has 0 saturated heterocycles. The van der Waals surface area contributed by atoms with E-state index in [1.807, 2.05) is 0 Å². The molecule has 4 rings (SSSR count). The third-order valence-electron chi connectivity index (χ3n) is 10.1. The molecule has 4 aliphatic carbocycles. The smallest absolute Gasteiger partial charge is 0.303 e. The number of Topliss-reactive ketones (excluding diaryl/α,β-unsaturated/α-hetero) is 1. The Bertz CT molecular complexity index is 676. The zero-order valence-corrected chi connectivity index (χ0v) is 18.1. The van der Waals surface area contributed by atoms with E-state index >= 15 is 0 Å². The third kappa shape index (κ3) is 3.18. The SMILES string of the molecule is C[C@@H](CCC(=O)O)[C@@H]1CC[C@@H]2[C@H]3C(=O)C[C@@H]4C[C@@H](O)CC[C@@]4(C)[C@@H]3C[C@@H](O)[C@]21C. The number of aliphatic hydroxyl groups is 2. The van der Waals surface area contributed by atoms with E-state index in [9.17, 15) is 19.8 Å². The molecule has 5 nitrogen and oxygen atoms in total. The summed E-state index contributed by atoms with van der Waals surface area (Å²) in [6.45, 7) is 6.62. The molecule has 0 aliphatic heterocycles. The second-order valence-corrected chi connectivity index (χ2v) is 11.3. The van der Waals surface area contributed by atoms with Gasteiger partial charge >= 0.3 is 5.97 Å². The first-order valence-corrected chi connectivity index (χ1v) is 11.7. The number of rotatable bonds is 4. The van der Waals surface area contributed by atoms with Crippen LogP contribution in [0.4, 0.5) is 0 Å². The van der Waals surface area contributed by atoms with Gasteiger partial charge in [0.05, 0.1) is 12.2 Å². The molecule has 3 N–H and O–H groups in total. The van der Waals surface area contributed by atoms with Crippen molar-refractivity contribution in [2.24, 2.45) is 46.3 Å². The number of hydrogen-bond acceptors (Lipinski definition) is 4. The molecule has 0 unspecified atom stereocenters. The first-order chi connectivity index (χ1) is 13.6. The zero-order valence-electron chi connectivity index (χ0n) is 18.1. The monoisotopic (exact) mass is 406 g/mol. The minimum absolute atomic E-state index is 0.0246. The summed E-state index contributed by atoms with van der Waals surface area (Å²) in [6, 6.07) is 0. The standard InChI is InChI=1S/C24H38O5/c1-13(4-7-21(28)29)16-5-6-17-22-18(12-20(27)24(16,17)3)23(2)9-8-15(25)10-14(23)11-19(22)26/h13-18,20,22,25,27H,4-12H2,1-3H3,(H,28,29)/t13-,14-,15-,16-,17+,18+,20+,22+,23+,24-/m0/s1. The molecule has 0 aromatic rings. The van der Waals surface area contributed by atoms with Crippen LogP contribution >= 0.6 is 0 Å². The highest BCUT2D eigenvalue weighted by Crippen LogP contribution is 2.67. The van der Waals surface area contributed by atoms with Crippen LogP contribution in [0.3, 0.4) is 0 Å². The van der Waals surface area contributed by atoms with Gasteiger partial charge in [0.25, 0.3) is 0 Å². The fourth-order valence-electron chi connectivity index (χ4n) is 8.40. The van der Waals surface area contributed by atoms with Gasteiger partial charge in [-0.25, -0.2) is 0 Å². The Labute approximate surface area is 174 Å². The van der Waals surface area contributed by atoms with Crippen molar-refractivity contribution in [3.63, 3.8) is 0 Å². The summed E-state index contributed by atoms with van der Waals surface area (Å²) in [5.74, 6) is 0.775. The van der Waals surface area contributed by atoms with E-state index in [4.69, 9.17) is 5.11 Å². The molecule has 0 spiro atoms. The number of ketones is 1. The second-order valence-electron chi connectivity index (χ2n) is 11.3. The summed E-state index contributed by atoms with van der Waals surface area (Å²) in [6.07, 6.45) is 5.74. The van der Waals surface area contributed by atoms with Gasteiger partial charge in [0.2, 0.25) is 0 Å². The fraction of sp³-hybridized carbons (Fsp3) is 0.917. The topological polar surface area (TPSA) is 94.8 Å². The van der Waals surface area contributed by atoms with Crippen molar-refractivity contribution in [1.82, 2.24) is 0 Å². The van der Waals surface area contributed by atoms with E-state index in [2.05, 4.69) is 20.8 Å². The number of carboxylic acids is 1. The number of aliphatic hydroxyl groups excluding tert-OH is 2. The maximum Gasteiger partial charge on any atom is 0.303 e. The van der Waals surface area contributed by atoms with Gasteiger partial charge < -0.3 is 15.3 Å². The first-order valence-electron chi connectivity index (χ1n) is 11.7. The molecule has 4 saturated carbocycles. The predicted octanol–water partition coefficient (Wildman–Crippen LogP) is 3.66. The first kappa shape index (κ1) is 21.3. The molecule has 0 amide bonds. The summed E-state index contributed by atoms with van der Waals surface area (Å²) >= 11 is 0. The number of aliphatic carboxylic acids is 1. The van der Waals surface area contributed by atoms with Gasteiger partial charge in [-0.2, -0.15) is 0 Å². The summed E-state index contributed by atoms with van der Waals surface area (Å²) < 4.78 is 0. The Balaban J connectivity index is 1.62. The minimum Gasteiger partial charge on any atom is -0.481 e. The van der Waals surface area contributed by atoms with E-state index in [0.29, 0.717) is 25.0 Å². The maximum absolute atomic E-state index is 13.4. The summed E-state index contributed by atoms with van der Waals surface area (Å²) in [4.78, 5) is 24.4. The second kappa shape index (κ2) is 7.33. The van der Waals surface area contributed by atoms with E-state index in [1.165, 1.54) is 0 Å². The summed E-state index contributed by atoms with van der Waals surface area (Å²) in [5.41, 5.74) is -0.265. The van der Waals surface area contributed by atoms with E-state index in [1.54, 1.807) is 0 Å². The molecular formula is C24H38O5. The van der Waals surface area contributed by atoms with Crippen molar-refractivity contribution in [2.75, 3.05) is 0 Å². The molecule has 164 valence electrons. The van der Waals surface area contributed by atoms with Crippen LogP contribution in [-0.4, -0.2) is 39.3 Å². The Hall–Kier alpha value is -0.940. The number of carbonyl (C=O) groups excluding carboxylic acids is 1. The lowest BCUT2D eigenvalue weighted by Gasteiger charge is -2.61. The van der Waals surface area contributed by atoms with Crippen molar-refractivity contribution in [3.05, 3.63) is 0 Å². The van der Waals surface area contributed by atoms with E-state index in [0.717, 1.165) is 32.1 Å². The van der Waals surface area contributed by atoms with Crippen molar-refractivity contribution in [2.45, 2.75) is 90.8 Å². The Kier molecular flexibility index (Phi) is 5.39. The lowest BCUT2D eigenvalue weighted by molar-refractivity contribution is -0.182. The molecule has 0 aromatic carbocycles. The number of fused-ring (bicyclic) bond motifs is 5. The van der Waals surface area contributed by atoms with E-state index < -0.39 is 12.1 Å². The highest BCUT2D eigenvalue weighted by atomic mass is 16.4. The van der Waals surface area contributed by atoms with E-state index in [-0.39, 0.29) is 58.9 Å². The van der Waals surface area contributed by atoms with Crippen LogP contribution in [0.15, 0.2) is 0 Å². The Morgan fingerprint density at radius 2 is 1.86 bits per heavy atom. The Morgan fingerprint density at radius 3 is 2.55 bits per heavy atom. The van der Waals surface area contributed by atoms with Gasteiger partial charge in [-0.05, 0) is 80.0 Å². The third-order valence-corrected chi connectivity index (χ3v) is 10.1. The fourth-order valence-corrected chi connectivity index (χ4v) is 8.40. The molecule has 4 aliphatic rings. The highest BCUT2D eigenvalue weighted by Gasteiger charge is 2.65. The maximum atomic E-state index is 13.4. The van der Waals surface area contributed by atoms with Gasteiger partial charge in [-0.15, -0.1) is 0 Å². The molecular weight excluding hydrogens is 368 g/mol. The molecule has 0 heterocycles. The number of hydrogen-bond donors (Lipinski definition) is 3. The van der Waals surface area contributed by atoms with Crippen LogP contribution < -0.4 is 0 Å². The number of carboxylic acid groups (broad SMARTS) is 1. The lowest BCUT2D eigenvalue weighted by atomic mass is 9.43. The van der Waals surface area contributed by atoms with Crippen molar-refractivity contribution < 1.29 is 24.9 Å². The molecule has 0 aromatic heterocycles. The van der Waals surface area contributed by atoms with Crippen LogP contribution in [0.2, 0.25) is 0 Å². The van der Waals surface area contributed by atoms with Crippen molar-refractivity contribution in [1.29, 1.82) is 0 Å². The minimum atomic E-state index is -0.762. The van der Waals surface area contributed by atoms with Gasteiger partial charge in [0.1, 0.15) is 5.78 Å². The molecule has 0 bridgehead atoms. The van der Waals surface area contributed by atoms with Crippen LogP contribution in [0.25, 0.3) is 0 Å². The van der Waals surface area contributed by atoms with Crippen molar-refractivity contribution in [3.8, 4) is 0 Å². The highest BCUT2D eigenvalue weighted by molar-refractivity contribution is 5.83. The van der Waals surface area contributed by atoms with Crippen molar-refractivity contribution >= 4 is 11.8 Å². The largest absolute Gasteiger partial charge is 0.481 e. The normalized spacial score (nSPS) is 50.4. The zero-order chi connectivity index (χ0) is 21.1. The molecule has 0 radical (unpaired) electrons. The van der Waals surface area contributed by atoms with Gasteiger partial charge in [-0.1, -0.05) is 20.8 Å². The molecule has 5 heteroatoms. The molecule has 4 fully saturated rings. The number of carbonyl (C=O) groups is 2. The van der Waals surface area contributed by atoms with Gasteiger partial charge in [-0.3, -0.25) is 9.59 Å². The van der Waals surface area contributed by atoms with Crippen LogP contribution in [0.5, 0.6) is 0 Å². The average molecular weight is 407 g/mol. The predicted molar refractivity (Wildman–Crippen MR) is 109 cm³/mol. The summed E-state index contributed by atoms with van der Waals surface area (Å²) in [7, 11) is 0. The quantitative estimate of drug-likeness (QED) is 0.662. The molecule has 10 atom stereocenters. The Morgan fingerprint density at radius 1 is 1.14 bits per heavy atom. The van der Waals surface area contributed by atoms with Crippen LogP contribution in [0.1, 0.15) is 78.6 Å². The van der Waals surface area contributed by atoms with Gasteiger partial charge in [0.15, 0.2) is 0 Å². The molecule has 29 heavy (non-hydrogen) atoms. The lowest BCUT2D eigenvalue weighted by Crippen LogP contribution is -2.61.